The van der Waals surface area contributed by atoms with Gasteiger partial charge in [-0.05, 0) is 24.6 Å². The van der Waals surface area contributed by atoms with Crippen LogP contribution in [0.15, 0.2) is 47.2 Å². The predicted octanol–water partition coefficient (Wildman–Crippen LogP) is 3.72. The highest BCUT2D eigenvalue weighted by atomic mass is 79.9. The molecule has 4 rings (SSSR count). The van der Waals surface area contributed by atoms with Crippen LogP contribution in [0.4, 0.5) is 17.2 Å². The Hall–Kier alpha value is -2.82. The van der Waals surface area contributed by atoms with Gasteiger partial charge in [0, 0.05) is 55.0 Å². The Bertz CT molecular complexity index is 1070. The third-order valence-corrected chi connectivity index (χ3v) is 5.58. The van der Waals surface area contributed by atoms with Gasteiger partial charge in [-0.3, -0.25) is 10.1 Å². The van der Waals surface area contributed by atoms with Crippen molar-refractivity contribution in [2.75, 3.05) is 44.6 Å². The Balaban J connectivity index is 1.52. The molecule has 2 aromatic carbocycles. The minimum absolute atomic E-state index is 0.0956. The first-order chi connectivity index (χ1) is 15.1. The molecule has 1 saturated heterocycles. The Labute approximate surface area is 188 Å². The third kappa shape index (κ3) is 5.46. The fraction of sp³-hybridized carbons (Fsp3) is 0.333. The fourth-order valence-corrected chi connectivity index (χ4v) is 3.94. The zero-order valence-electron chi connectivity index (χ0n) is 16.9. The summed E-state index contributed by atoms with van der Waals surface area (Å²) in [5, 5.41) is 18.8. The second kappa shape index (κ2) is 9.99. The first-order valence-corrected chi connectivity index (χ1v) is 10.9. The highest BCUT2D eigenvalue weighted by Gasteiger charge is 2.19. The van der Waals surface area contributed by atoms with E-state index in [0.717, 1.165) is 49.3 Å². The van der Waals surface area contributed by atoms with Crippen LogP contribution in [0.1, 0.15) is 6.42 Å². The summed E-state index contributed by atoms with van der Waals surface area (Å²) < 4.78 is 6.72. The van der Waals surface area contributed by atoms with Crippen LogP contribution in [0, 0.1) is 10.1 Å². The van der Waals surface area contributed by atoms with E-state index in [4.69, 9.17) is 4.74 Å². The topological polar surface area (TPSA) is 105 Å². The largest absolute Gasteiger partial charge is 0.487 e. The molecule has 1 aliphatic heterocycles. The lowest BCUT2D eigenvalue weighted by molar-refractivity contribution is -0.385. The number of nitrogens with zero attached hydrogens (tertiary/aromatic N) is 4. The number of benzene rings is 2. The van der Waals surface area contributed by atoms with Gasteiger partial charge in [0.1, 0.15) is 12.1 Å². The number of nitrogens with one attached hydrogen (secondary N) is 2. The molecule has 0 radical (unpaired) electrons. The summed E-state index contributed by atoms with van der Waals surface area (Å²) in [4.78, 5) is 22.2. The van der Waals surface area contributed by atoms with Gasteiger partial charge in [-0.25, -0.2) is 9.97 Å². The lowest BCUT2D eigenvalue weighted by atomic mass is 10.2. The van der Waals surface area contributed by atoms with Crippen LogP contribution in [0.2, 0.25) is 0 Å². The Morgan fingerprint density at radius 3 is 2.84 bits per heavy atom. The van der Waals surface area contributed by atoms with Gasteiger partial charge in [-0.1, -0.05) is 22.0 Å². The van der Waals surface area contributed by atoms with E-state index in [-0.39, 0.29) is 11.4 Å². The molecule has 1 aromatic heterocycles. The molecule has 3 aromatic rings. The van der Waals surface area contributed by atoms with Gasteiger partial charge in [0.05, 0.1) is 22.4 Å². The summed E-state index contributed by atoms with van der Waals surface area (Å²) in [5.74, 6) is 0.723. The molecule has 2 heterocycles. The molecular weight excluding hydrogens is 464 g/mol. The summed E-state index contributed by atoms with van der Waals surface area (Å²) in [5.41, 5.74) is 1.29. The van der Waals surface area contributed by atoms with Crippen molar-refractivity contribution in [1.29, 1.82) is 0 Å². The minimum Gasteiger partial charge on any atom is -0.487 e. The number of piperazine rings is 1. The molecule has 10 heteroatoms. The molecule has 0 bridgehead atoms. The van der Waals surface area contributed by atoms with Gasteiger partial charge in [0.25, 0.3) is 0 Å². The first-order valence-electron chi connectivity index (χ1n) is 10.1. The van der Waals surface area contributed by atoms with Crippen molar-refractivity contribution in [2.45, 2.75) is 6.42 Å². The molecule has 0 saturated carbocycles. The first kappa shape index (κ1) is 21.4. The molecule has 0 spiro atoms. The Morgan fingerprint density at radius 1 is 1.23 bits per heavy atom. The van der Waals surface area contributed by atoms with Crippen LogP contribution in [0.25, 0.3) is 10.9 Å². The van der Waals surface area contributed by atoms with Crippen LogP contribution < -0.4 is 15.4 Å². The van der Waals surface area contributed by atoms with E-state index in [1.165, 1.54) is 12.4 Å². The summed E-state index contributed by atoms with van der Waals surface area (Å²) in [6.45, 7) is 5.33. The summed E-state index contributed by atoms with van der Waals surface area (Å²) in [7, 11) is 0. The van der Waals surface area contributed by atoms with Crippen molar-refractivity contribution in [2.24, 2.45) is 0 Å². The summed E-state index contributed by atoms with van der Waals surface area (Å²) >= 11 is 3.44. The summed E-state index contributed by atoms with van der Waals surface area (Å²) in [6, 6.07) is 10.7. The van der Waals surface area contributed by atoms with Crippen molar-refractivity contribution in [3.8, 4) is 5.75 Å². The predicted molar refractivity (Wildman–Crippen MR) is 123 cm³/mol. The van der Waals surface area contributed by atoms with Crippen LogP contribution in [-0.4, -0.2) is 59.1 Å². The smallest absolute Gasteiger partial charge is 0.311 e. The molecule has 0 amide bonds. The van der Waals surface area contributed by atoms with Crippen LogP contribution in [0.5, 0.6) is 5.75 Å². The number of hydrogen-bond acceptors (Lipinski definition) is 8. The van der Waals surface area contributed by atoms with Gasteiger partial charge in [-0.2, -0.15) is 0 Å². The number of anilines is 2. The third-order valence-electron chi connectivity index (χ3n) is 5.09. The number of nitro benzene ring substituents is 1. The molecule has 162 valence electrons. The highest BCUT2D eigenvalue weighted by Crippen LogP contribution is 2.34. The van der Waals surface area contributed by atoms with E-state index in [1.807, 2.05) is 24.3 Å². The standard InChI is InChI=1S/C21H23BrN6O3/c22-15-3-1-4-16(11-15)26-21-17-12-19(28(29)30)20(13-18(17)24-14-25-21)31-10-2-7-27-8-5-23-6-9-27/h1,3-4,11-14,23H,2,5-10H2,(H,24,25,26). The number of aromatic nitrogens is 2. The van der Waals surface area contributed by atoms with Gasteiger partial charge in [-0.15, -0.1) is 0 Å². The molecular formula is C21H23BrN6O3. The van der Waals surface area contributed by atoms with Crippen molar-refractivity contribution in [1.82, 2.24) is 20.2 Å². The average molecular weight is 487 g/mol. The minimum atomic E-state index is -0.430. The maximum Gasteiger partial charge on any atom is 0.311 e. The molecule has 9 nitrogen and oxygen atoms in total. The maximum atomic E-state index is 11.7. The molecule has 1 fully saturated rings. The van der Waals surface area contributed by atoms with Crippen molar-refractivity contribution in [3.63, 3.8) is 0 Å². The van der Waals surface area contributed by atoms with Gasteiger partial charge in [0.15, 0.2) is 5.75 Å². The van der Waals surface area contributed by atoms with E-state index in [1.54, 1.807) is 6.07 Å². The van der Waals surface area contributed by atoms with Crippen LogP contribution in [-0.2, 0) is 0 Å². The monoisotopic (exact) mass is 486 g/mol. The highest BCUT2D eigenvalue weighted by molar-refractivity contribution is 9.10. The van der Waals surface area contributed by atoms with E-state index in [9.17, 15) is 10.1 Å². The van der Waals surface area contributed by atoms with E-state index >= 15 is 0 Å². The molecule has 0 atom stereocenters. The van der Waals surface area contributed by atoms with Gasteiger partial charge >= 0.3 is 5.69 Å². The van der Waals surface area contributed by atoms with E-state index in [2.05, 4.69) is 41.4 Å². The Kier molecular flexibility index (Phi) is 6.90. The second-order valence-electron chi connectivity index (χ2n) is 7.25. The quantitative estimate of drug-likeness (QED) is 0.282. The lowest BCUT2D eigenvalue weighted by Crippen LogP contribution is -2.43. The summed E-state index contributed by atoms with van der Waals surface area (Å²) in [6.07, 6.45) is 2.23. The van der Waals surface area contributed by atoms with Crippen LogP contribution >= 0.6 is 15.9 Å². The Morgan fingerprint density at radius 2 is 2.06 bits per heavy atom. The second-order valence-corrected chi connectivity index (χ2v) is 8.16. The van der Waals surface area contributed by atoms with Gasteiger partial charge < -0.3 is 20.3 Å². The van der Waals surface area contributed by atoms with Crippen molar-refractivity contribution < 1.29 is 9.66 Å². The number of fused-ring (bicyclic) bond motifs is 1. The molecule has 2 N–H and O–H groups in total. The average Bonchev–Trinajstić information content (AvgIpc) is 2.77. The molecule has 0 unspecified atom stereocenters. The van der Waals surface area contributed by atoms with Crippen LogP contribution in [0.3, 0.4) is 0 Å². The zero-order valence-corrected chi connectivity index (χ0v) is 18.5. The normalized spacial score (nSPS) is 14.5. The number of ether oxygens (including phenoxy) is 1. The maximum absolute atomic E-state index is 11.7. The lowest BCUT2D eigenvalue weighted by Gasteiger charge is -2.26. The zero-order chi connectivity index (χ0) is 21.6. The molecule has 1 aliphatic rings. The number of rotatable bonds is 8. The van der Waals surface area contributed by atoms with E-state index in [0.29, 0.717) is 23.3 Å². The van der Waals surface area contributed by atoms with E-state index < -0.39 is 4.92 Å². The number of nitro groups is 1. The van der Waals surface area contributed by atoms with Gasteiger partial charge in [0.2, 0.25) is 0 Å². The molecule has 31 heavy (non-hydrogen) atoms. The number of halogens is 1. The van der Waals surface area contributed by atoms with Crippen molar-refractivity contribution >= 4 is 44.0 Å². The van der Waals surface area contributed by atoms with Crippen molar-refractivity contribution in [3.05, 3.63) is 57.3 Å². The SMILES string of the molecule is O=[N+]([O-])c1cc2c(Nc3cccc(Br)c3)ncnc2cc1OCCCN1CCNCC1. The molecule has 0 aliphatic carbocycles. The number of hydrogen-bond donors (Lipinski definition) is 2. The fourth-order valence-electron chi connectivity index (χ4n) is 3.54.